The average molecular weight is 695 g/mol. The fourth-order valence-electron chi connectivity index (χ4n) is 6.18. The number of aryl methyl sites for hydroxylation is 2. The second-order valence-corrected chi connectivity index (χ2v) is 11.5. The molecule has 3 heterocycles. The van der Waals surface area contributed by atoms with Gasteiger partial charge in [-0.2, -0.15) is 17.2 Å². The normalized spacial score (nSPS) is 11.2. The molecular formula is C40H36N4OPd. The molecule has 0 atom stereocenters. The molecule has 46 heavy (non-hydrogen) atoms. The Labute approximate surface area is 284 Å². The molecule has 0 saturated carbocycles. The zero-order valence-electron chi connectivity index (χ0n) is 26.4. The third-order valence-corrected chi connectivity index (χ3v) is 8.26. The van der Waals surface area contributed by atoms with Crippen LogP contribution in [0.5, 0.6) is 11.5 Å². The fraction of sp³-hybridized carbons (Fsp3) is 0.200. The number of ether oxygens (including phenoxy) is 1. The molecule has 0 aliphatic carbocycles. The van der Waals surface area contributed by atoms with E-state index in [1.165, 1.54) is 16.8 Å². The van der Waals surface area contributed by atoms with Gasteiger partial charge in [-0.15, -0.1) is 35.7 Å². The Morgan fingerprint density at radius 2 is 1.57 bits per heavy atom. The van der Waals surface area contributed by atoms with Crippen molar-refractivity contribution in [2.75, 3.05) is 0 Å². The summed E-state index contributed by atoms with van der Waals surface area (Å²) in [6, 6.07) is 40.4. The Balaban J connectivity index is 0.00000372. The minimum absolute atomic E-state index is 0. The Bertz CT molecular complexity index is 2110. The van der Waals surface area contributed by atoms with Crippen LogP contribution < -0.4 is 4.74 Å². The molecular weight excluding hydrogens is 659 g/mol. The molecule has 0 radical (unpaired) electrons. The predicted molar refractivity (Wildman–Crippen MR) is 183 cm³/mol. The van der Waals surface area contributed by atoms with Crippen LogP contribution in [0.3, 0.4) is 0 Å². The van der Waals surface area contributed by atoms with Gasteiger partial charge in [-0.3, -0.25) is 4.68 Å². The van der Waals surface area contributed by atoms with E-state index in [0.29, 0.717) is 11.5 Å². The largest absolute Gasteiger partial charge is 2.00 e. The standard InChI is InChI=1S/C40H36N4O.Pd/c1-4-6-19-37-40(29-14-8-7-9-15-29)35(13-5-2)42-44(37)30-16-12-17-31(26-30)45-32-21-22-34-33-18-10-11-20-36(33)43(38(34)27-32)39-25-28(3)23-24-41-39;/h7-12,14-18,20-25H,4-6,13,19H2,1-3H3;/q-2;+2. The third-order valence-electron chi connectivity index (χ3n) is 8.26. The minimum atomic E-state index is 0. The van der Waals surface area contributed by atoms with Gasteiger partial charge in [0, 0.05) is 34.5 Å². The molecule has 3 aromatic heterocycles. The number of fused-ring (bicyclic) bond motifs is 3. The number of aromatic nitrogens is 4. The van der Waals surface area contributed by atoms with Crippen molar-refractivity contribution in [1.82, 2.24) is 19.3 Å². The summed E-state index contributed by atoms with van der Waals surface area (Å²) in [5.41, 5.74) is 8.86. The average Bonchev–Trinajstić information content (AvgIpc) is 3.59. The van der Waals surface area contributed by atoms with E-state index in [1.807, 2.05) is 30.5 Å². The van der Waals surface area contributed by atoms with E-state index < -0.39 is 0 Å². The van der Waals surface area contributed by atoms with Gasteiger partial charge in [-0.05, 0) is 66.6 Å². The molecule has 7 rings (SSSR count). The Morgan fingerprint density at radius 1 is 0.761 bits per heavy atom. The Kier molecular flexibility index (Phi) is 9.49. The summed E-state index contributed by atoms with van der Waals surface area (Å²) in [5.74, 6) is 2.10. The molecule has 0 bridgehead atoms. The van der Waals surface area contributed by atoms with E-state index in [2.05, 4.69) is 115 Å². The van der Waals surface area contributed by atoms with Crippen LogP contribution in [0.15, 0.2) is 103 Å². The zero-order valence-corrected chi connectivity index (χ0v) is 27.9. The van der Waals surface area contributed by atoms with E-state index in [9.17, 15) is 0 Å². The van der Waals surface area contributed by atoms with Gasteiger partial charge in [0.25, 0.3) is 0 Å². The van der Waals surface area contributed by atoms with Crippen molar-refractivity contribution in [1.29, 1.82) is 0 Å². The van der Waals surface area contributed by atoms with Crippen molar-refractivity contribution < 1.29 is 25.2 Å². The number of hydrogen-bond acceptors (Lipinski definition) is 3. The van der Waals surface area contributed by atoms with Crippen LogP contribution in [0, 0.1) is 19.1 Å². The summed E-state index contributed by atoms with van der Waals surface area (Å²) in [6.45, 7) is 6.53. The number of rotatable bonds is 10. The first kappa shape index (κ1) is 31.5. The SMILES string of the molecule is CCCCc1c(-c2ccccc2)c(CCC)nn1-c1[c-]c(Oc2[c-]c3c(cc2)c2ccccc2n3-c2cc(C)ccn2)ccc1.[Pd+2]. The number of hydrogen-bond donors (Lipinski definition) is 0. The van der Waals surface area contributed by atoms with Crippen LogP contribution in [0.4, 0.5) is 0 Å². The van der Waals surface area contributed by atoms with Gasteiger partial charge in [0.2, 0.25) is 0 Å². The molecule has 0 amide bonds. The molecule has 7 aromatic rings. The van der Waals surface area contributed by atoms with Crippen LogP contribution in [0.2, 0.25) is 0 Å². The maximum absolute atomic E-state index is 6.46. The third kappa shape index (κ3) is 6.04. The number of pyridine rings is 1. The summed E-state index contributed by atoms with van der Waals surface area (Å²) < 4.78 is 10.7. The van der Waals surface area contributed by atoms with Crippen LogP contribution in [0.25, 0.3) is 44.4 Å². The van der Waals surface area contributed by atoms with E-state index in [0.717, 1.165) is 76.7 Å². The number of nitrogens with zero attached hydrogens (tertiary/aromatic N) is 4. The Morgan fingerprint density at radius 3 is 2.37 bits per heavy atom. The first-order valence-corrected chi connectivity index (χ1v) is 15.9. The van der Waals surface area contributed by atoms with Crippen molar-refractivity contribution >= 4 is 21.8 Å². The van der Waals surface area contributed by atoms with Gasteiger partial charge in [0.05, 0.1) is 5.69 Å². The van der Waals surface area contributed by atoms with E-state index in [-0.39, 0.29) is 20.4 Å². The molecule has 6 heteroatoms. The van der Waals surface area contributed by atoms with Gasteiger partial charge < -0.3 is 9.30 Å². The van der Waals surface area contributed by atoms with Crippen LogP contribution in [0.1, 0.15) is 50.1 Å². The maximum atomic E-state index is 6.46. The van der Waals surface area contributed by atoms with Crippen LogP contribution in [-0.2, 0) is 33.3 Å². The van der Waals surface area contributed by atoms with Gasteiger partial charge >= 0.3 is 20.4 Å². The van der Waals surface area contributed by atoms with Gasteiger partial charge in [-0.25, -0.2) is 4.98 Å². The topological polar surface area (TPSA) is 44.9 Å². The number of unbranched alkanes of at least 4 members (excludes halogenated alkanes) is 1. The molecule has 5 nitrogen and oxygen atoms in total. The van der Waals surface area contributed by atoms with Crippen LogP contribution >= 0.6 is 0 Å². The van der Waals surface area contributed by atoms with Crippen molar-refractivity contribution in [2.24, 2.45) is 0 Å². The molecule has 0 unspecified atom stereocenters. The molecule has 0 fully saturated rings. The quantitative estimate of drug-likeness (QED) is 0.106. The molecule has 4 aromatic carbocycles. The van der Waals surface area contributed by atoms with Gasteiger partial charge in [-0.1, -0.05) is 80.7 Å². The molecule has 0 saturated heterocycles. The van der Waals surface area contributed by atoms with Gasteiger partial charge in [0.1, 0.15) is 5.82 Å². The summed E-state index contributed by atoms with van der Waals surface area (Å²) in [6.07, 6.45) is 6.95. The number of para-hydroxylation sites is 1. The summed E-state index contributed by atoms with van der Waals surface area (Å²) in [7, 11) is 0. The summed E-state index contributed by atoms with van der Waals surface area (Å²) in [5, 5.41) is 7.44. The van der Waals surface area contributed by atoms with Crippen molar-refractivity contribution in [2.45, 2.75) is 52.9 Å². The van der Waals surface area contributed by atoms with E-state index in [1.54, 1.807) is 0 Å². The van der Waals surface area contributed by atoms with E-state index in [4.69, 9.17) is 14.8 Å². The Hall–Kier alpha value is -4.50. The second-order valence-electron chi connectivity index (χ2n) is 11.5. The predicted octanol–water partition coefficient (Wildman–Crippen LogP) is 10.0. The first-order valence-electron chi connectivity index (χ1n) is 15.9. The van der Waals surface area contributed by atoms with Crippen molar-refractivity contribution in [3.05, 3.63) is 132 Å². The summed E-state index contributed by atoms with van der Waals surface area (Å²) in [4.78, 5) is 4.70. The zero-order chi connectivity index (χ0) is 30.8. The van der Waals surface area contributed by atoms with Crippen LogP contribution in [-0.4, -0.2) is 19.3 Å². The molecule has 0 aliphatic rings. The van der Waals surface area contributed by atoms with Crippen molar-refractivity contribution in [3.63, 3.8) is 0 Å². The summed E-state index contributed by atoms with van der Waals surface area (Å²) >= 11 is 0. The maximum Gasteiger partial charge on any atom is 2.00 e. The fourth-order valence-corrected chi connectivity index (χ4v) is 6.18. The molecule has 0 aliphatic heterocycles. The van der Waals surface area contributed by atoms with Crippen molar-refractivity contribution in [3.8, 4) is 34.1 Å². The minimum Gasteiger partial charge on any atom is -0.509 e. The number of benzene rings is 4. The molecule has 0 N–H and O–H groups in total. The monoisotopic (exact) mass is 694 g/mol. The molecule has 0 spiro atoms. The van der Waals surface area contributed by atoms with Gasteiger partial charge in [0.15, 0.2) is 0 Å². The molecule has 232 valence electrons. The second kappa shape index (κ2) is 13.9. The van der Waals surface area contributed by atoms with E-state index >= 15 is 0 Å². The first-order chi connectivity index (χ1) is 22.1. The smallest absolute Gasteiger partial charge is 0.509 e.